The molecule has 1 aromatic heterocycles. The van der Waals surface area contributed by atoms with E-state index in [4.69, 9.17) is 9.15 Å². The minimum atomic E-state index is -0.804. The molecular weight excluding hydrogens is 378 g/mol. The van der Waals surface area contributed by atoms with Crippen LogP contribution in [0, 0.1) is 13.8 Å². The van der Waals surface area contributed by atoms with E-state index in [-0.39, 0.29) is 5.91 Å². The highest BCUT2D eigenvalue weighted by molar-refractivity contribution is 5.95. The summed E-state index contributed by atoms with van der Waals surface area (Å²) in [5.74, 6) is 0.739. The first-order valence-corrected chi connectivity index (χ1v) is 9.56. The molecule has 1 amide bonds. The van der Waals surface area contributed by atoms with Crippen molar-refractivity contribution in [2.45, 2.75) is 20.0 Å². The molecule has 6 nitrogen and oxygen atoms in total. The number of hydrogen-bond acceptors (Lipinski definition) is 5. The monoisotopic (exact) mass is 399 g/mol. The Morgan fingerprint density at radius 1 is 0.967 bits per heavy atom. The Labute approximate surface area is 174 Å². The van der Waals surface area contributed by atoms with Crippen molar-refractivity contribution in [3.05, 3.63) is 95.9 Å². The number of rotatable bonds is 6. The number of aromatic nitrogens is 2. The van der Waals surface area contributed by atoms with Gasteiger partial charge >= 0.3 is 0 Å². The normalized spacial score (nSPS) is 11.7. The number of nitrogens with zero attached hydrogens (tertiary/aromatic N) is 2. The average Bonchev–Trinajstić information content (AvgIpc) is 3.27. The third-order valence-corrected chi connectivity index (χ3v) is 4.54. The maximum Gasteiger partial charge on any atom is 0.270 e. The predicted octanol–water partition coefficient (Wildman–Crippen LogP) is 5.11. The molecule has 1 N–H and O–H groups in total. The van der Waals surface area contributed by atoms with Gasteiger partial charge in [-0.25, -0.2) is 0 Å². The van der Waals surface area contributed by atoms with Gasteiger partial charge in [-0.05, 0) is 61.4 Å². The molecule has 0 fully saturated rings. The molecule has 6 heteroatoms. The average molecular weight is 399 g/mol. The highest BCUT2D eigenvalue weighted by atomic mass is 16.5. The number of carbonyl (C=O) groups is 1. The molecule has 0 spiro atoms. The van der Waals surface area contributed by atoms with E-state index in [0.29, 0.717) is 11.6 Å². The molecule has 0 aliphatic heterocycles. The summed E-state index contributed by atoms with van der Waals surface area (Å²) >= 11 is 0. The molecule has 1 heterocycles. The zero-order valence-electron chi connectivity index (χ0n) is 16.7. The first-order chi connectivity index (χ1) is 14.6. The van der Waals surface area contributed by atoms with Crippen LogP contribution in [0.15, 0.2) is 83.6 Å². The van der Waals surface area contributed by atoms with Crippen LogP contribution < -0.4 is 10.1 Å². The van der Waals surface area contributed by atoms with E-state index in [1.165, 1.54) is 6.39 Å². The summed E-state index contributed by atoms with van der Waals surface area (Å²) in [6.07, 6.45) is 0.476. The van der Waals surface area contributed by atoms with Crippen LogP contribution in [0.4, 0.5) is 5.69 Å². The van der Waals surface area contributed by atoms with Crippen molar-refractivity contribution in [1.29, 1.82) is 0 Å². The zero-order chi connectivity index (χ0) is 20.9. The lowest BCUT2D eigenvalue weighted by molar-refractivity contribution is -0.123. The van der Waals surface area contributed by atoms with E-state index in [0.717, 1.165) is 27.9 Å². The Bertz CT molecular complexity index is 1100. The van der Waals surface area contributed by atoms with E-state index in [1.807, 2.05) is 68.4 Å². The lowest BCUT2D eigenvalue weighted by atomic mass is 10.1. The van der Waals surface area contributed by atoms with Gasteiger partial charge in [-0.3, -0.25) is 4.79 Å². The van der Waals surface area contributed by atoms with Gasteiger partial charge in [0.1, 0.15) is 5.75 Å². The lowest BCUT2D eigenvalue weighted by Crippen LogP contribution is -2.25. The van der Waals surface area contributed by atoms with Gasteiger partial charge in [0.05, 0.1) is 0 Å². The molecule has 0 unspecified atom stereocenters. The zero-order valence-corrected chi connectivity index (χ0v) is 16.7. The number of aryl methyl sites for hydroxylation is 2. The maximum atomic E-state index is 13.1. The van der Waals surface area contributed by atoms with E-state index >= 15 is 0 Å². The van der Waals surface area contributed by atoms with Crippen LogP contribution >= 0.6 is 0 Å². The van der Waals surface area contributed by atoms with Gasteiger partial charge in [-0.2, -0.15) is 0 Å². The molecule has 150 valence electrons. The first kappa shape index (κ1) is 19.4. The molecule has 1 atom stereocenters. The van der Waals surface area contributed by atoms with Crippen LogP contribution in [0.25, 0.3) is 11.5 Å². The second-order valence-electron chi connectivity index (χ2n) is 7.04. The van der Waals surface area contributed by atoms with Crippen LogP contribution in [-0.2, 0) is 4.79 Å². The standard InChI is InChI=1S/C24H21N3O3/c1-16-12-17(2)14-20(13-16)26-23(28)22(18-6-4-3-5-7-18)30-21-10-8-19(9-11-21)24-27-25-15-29-24/h3-15,22H,1-2H3,(H,26,28)/t22-/m0/s1. The highest BCUT2D eigenvalue weighted by Crippen LogP contribution is 2.26. The van der Waals surface area contributed by atoms with Crippen LogP contribution in [0.1, 0.15) is 22.8 Å². The second kappa shape index (κ2) is 8.61. The Morgan fingerprint density at radius 3 is 2.30 bits per heavy atom. The number of amides is 1. The predicted molar refractivity (Wildman–Crippen MR) is 114 cm³/mol. The van der Waals surface area contributed by atoms with E-state index in [9.17, 15) is 4.79 Å². The molecule has 3 aromatic carbocycles. The summed E-state index contributed by atoms with van der Waals surface area (Å²) in [6.45, 7) is 4.00. The van der Waals surface area contributed by atoms with Crippen molar-refractivity contribution in [2.24, 2.45) is 0 Å². The molecular formula is C24H21N3O3. The van der Waals surface area contributed by atoms with Gasteiger partial charge in [0.15, 0.2) is 0 Å². The number of benzene rings is 3. The van der Waals surface area contributed by atoms with Gasteiger partial charge in [0.25, 0.3) is 5.91 Å². The molecule has 4 aromatic rings. The summed E-state index contributed by atoms with van der Waals surface area (Å²) in [6, 6.07) is 22.5. The number of anilines is 1. The summed E-state index contributed by atoms with van der Waals surface area (Å²) < 4.78 is 11.3. The third kappa shape index (κ3) is 4.55. The fraction of sp³-hybridized carbons (Fsp3) is 0.125. The topological polar surface area (TPSA) is 77.2 Å². The van der Waals surface area contributed by atoms with E-state index < -0.39 is 6.10 Å². The molecule has 0 saturated carbocycles. The second-order valence-corrected chi connectivity index (χ2v) is 7.04. The van der Waals surface area contributed by atoms with Gasteiger partial charge in [-0.1, -0.05) is 36.4 Å². The van der Waals surface area contributed by atoms with E-state index in [1.54, 1.807) is 12.1 Å². The number of hydrogen-bond donors (Lipinski definition) is 1. The van der Waals surface area contributed by atoms with Gasteiger partial charge in [0, 0.05) is 16.8 Å². The number of nitrogens with one attached hydrogen (secondary N) is 1. The molecule has 0 aliphatic carbocycles. The minimum Gasteiger partial charge on any atom is -0.476 e. The minimum absolute atomic E-state index is 0.243. The third-order valence-electron chi connectivity index (χ3n) is 4.54. The number of carbonyl (C=O) groups excluding carboxylic acids is 1. The Morgan fingerprint density at radius 2 is 1.67 bits per heavy atom. The molecule has 0 bridgehead atoms. The van der Waals surface area contributed by atoms with Crippen LogP contribution in [0.5, 0.6) is 5.75 Å². The fourth-order valence-corrected chi connectivity index (χ4v) is 3.27. The van der Waals surface area contributed by atoms with Crippen molar-refractivity contribution in [3.63, 3.8) is 0 Å². The Hall–Kier alpha value is -3.93. The summed E-state index contributed by atoms with van der Waals surface area (Å²) in [7, 11) is 0. The largest absolute Gasteiger partial charge is 0.476 e. The number of ether oxygens (including phenoxy) is 1. The smallest absolute Gasteiger partial charge is 0.270 e. The fourth-order valence-electron chi connectivity index (χ4n) is 3.27. The van der Waals surface area contributed by atoms with Crippen LogP contribution in [0.3, 0.4) is 0 Å². The Balaban J connectivity index is 1.58. The van der Waals surface area contributed by atoms with Crippen molar-refractivity contribution in [3.8, 4) is 17.2 Å². The molecule has 0 radical (unpaired) electrons. The van der Waals surface area contributed by atoms with Gasteiger partial charge in [-0.15, -0.1) is 10.2 Å². The molecule has 4 rings (SSSR count). The van der Waals surface area contributed by atoms with Crippen molar-refractivity contribution in [2.75, 3.05) is 5.32 Å². The van der Waals surface area contributed by atoms with Crippen LogP contribution in [-0.4, -0.2) is 16.1 Å². The van der Waals surface area contributed by atoms with Crippen molar-refractivity contribution >= 4 is 11.6 Å². The maximum absolute atomic E-state index is 13.1. The van der Waals surface area contributed by atoms with Crippen molar-refractivity contribution in [1.82, 2.24) is 10.2 Å². The summed E-state index contributed by atoms with van der Waals surface area (Å²) in [5, 5.41) is 10.6. The summed E-state index contributed by atoms with van der Waals surface area (Å²) in [5.41, 5.74) is 4.45. The summed E-state index contributed by atoms with van der Waals surface area (Å²) in [4.78, 5) is 13.1. The SMILES string of the molecule is Cc1cc(C)cc(NC(=O)[C@@H](Oc2ccc(-c3nnco3)cc2)c2ccccc2)c1. The van der Waals surface area contributed by atoms with Crippen LogP contribution in [0.2, 0.25) is 0 Å². The van der Waals surface area contributed by atoms with E-state index in [2.05, 4.69) is 21.6 Å². The molecule has 0 aliphatic rings. The lowest BCUT2D eigenvalue weighted by Gasteiger charge is -2.20. The quantitative estimate of drug-likeness (QED) is 0.487. The molecule has 0 saturated heterocycles. The highest BCUT2D eigenvalue weighted by Gasteiger charge is 2.23. The Kier molecular flexibility index (Phi) is 5.57. The van der Waals surface area contributed by atoms with Crippen molar-refractivity contribution < 1.29 is 13.9 Å². The van der Waals surface area contributed by atoms with Gasteiger partial charge in [0.2, 0.25) is 18.4 Å². The first-order valence-electron chi connectivity index (χ1n) is 9.56. The van der Waals surface area contributed by atoms with Gasteiger partial charge < -0.3 is 14.5 Å². The molecule has 30 heavy (non-hydrogen) atoms.